The van der Waals surface area contributed by atoms with Crippen LogP contribution in [0.2, 0.25) is 0 Å². The Balaban J connectivity index is 1.91. The summed E-state index contributed by atoms with van der Waals surface area (Å²) < 4.78 is 1.80. The third-order valence-corrected chi connectivity index (χ3v) is 3.18. The van der Waals surface area contributed by atoms with Gasteiger partial charge in [-0.2, -0.15) is 5.10 Å². The maximum Gasteiger partial charge on any atom is 0.153 e. The molecule has 0 radical (unpaired) electrons. The average molecular weight is 274 g/mol. The molecule has 21 heavy (non-hydrogen) atoms. The molecule has 0 saturated heterocycles. The first-order valence-electron chi connectivity index (χ1n) is 6.42. The minimum atomic E-state index is 0.772. The van der Waals surface area contributed by atoms with Crippen LogP contribution < -0.4 is 0 Å². The van der Waals surface area contributed by atoms with E-state index in [1.54, 1.807) is 35.7 Å². The van der Waals surface area contributed by atoms with Gasteiger partial charge in [0.1, 0.15) is 6.33 Å². The van der Waals surface area contributed by atoms with Crippen LogP contribution in [0, 0.1) is 0 Å². The van der Waals surface area contributed by atoms with E-state index in [1.165, 1.54) is 6.33 Å². The van der Waals surface area contributed by atoms with Crippen LogP contribution in [0.25, 0.3) is 28.0 Å². The number of fused-ring (bicyclic) bond motifs is 1. The van der Waals surface area contributed by atoms with Crippen molar-refractivity contribution in [1.29, 1.82) is 0 Å². The Hall–Kier alpha value is -3.15. The second-order valence-corrected chi connectivity index (χ2v) is 4.50. The van der Waals surface area contributed by atoms with Crippen LogP contribution in [0.15, 0.2) is 61.6 Å². The van der Waals surface area contributed by atoms with Gasteiger partial charge in [0.2, 0.25) is 0 Å². The molecule has 0 atom stereocenters. The summed E-state index contributed by atoms with van der Waals surface area (Å²) in [6.45, 7) is 0. The zero-order chi connectivity index (χ0) is 14.1. The van der Waals surface area contributed by atoms with Gasteiger partial charge < -0.3 is 0 Å². The van der Waals surface area contributed by atoms with Crippen LogP contribution in [0.3, 0.4) is 0 Å². The van der Waals surface area contributed by atoms with E-state index in [-0.39, 0.29) is 0 Å². The van der Waals surface area contributed by atoms with Crippen molar-refractivity contribution in [1.82, 2.24) is 29.7 Å². The fraction of sp³-hybridized carbons (Fsp3) is 0. The fourth-order valence-corrected chi connectivity index (χ4v) is 2.17. The van der Waals surface area contributed by atoms with Crippen molar-refractivity contribution in [3.63, 3.8) is 0 Å². The van der Waals surface area contributed by atoms with Gasteiger partial charge in [-0.05, 0) is 18.2 Å². The molecule has 0 fully saturated rings. The van der Waals surface area contributed by atoms with Crippen molar-refractivity contribution in [3.05, 3.63) is 61.6 Å². The molecule has 100 valence electrons. The number of aromatic nitrogens is 6. The molecule has 0 amide bonds. The maximum atomic E-state index is 4.43. The summed E-state index contributed by atoms with van der Waals surface area (Å²) >= 11 is 0. The summed E-state index contributed by atoms with van der Waals surface area (Å²) in [6.07, 6.45) is 10.3. The Morgan fingerprint density at radius 1 is 0.905 bits per heavy atom. The standard InChI is InChI=1S/C15H10N6/c1-2-4-18-15(3-1)21-14-5-13(11-6-16-10-17-7-11)19-8-12(14)9-20-21/h1-10H. The van der Waals surface area contributed by atoms with Gasteiger partial charge in [0.25, 0.3) is 0 Å². The third-order valence-electron chi connectivity index (χ3n) is 3.18. The van der Waals surface area contributed by atoms with E-state index in [4.69, 9.17) is 0 Å². The maximum absolute atomic E-state index is 4.43. The zero-order valence-corrected chi connectivity index (χ0v) is 11.0. The molecule has 0 saturated carbocycles. The van der Waals surface area contributed by atoms with Gasteiger partial charge in [-0.1, -0.05) is 6.07 Å². The van der Waals surface area contributed by atoms with E-state index in [0.717, 1.165) is 28.0 Å². The second kappa shape index (κ2) is 4.75. The van der Waals surface area contributed by atoms with Gasteiger partial charge in [-0.25, -0.2) is 19.6 Å². The molecular formula is C15H10N6. The monoisotopic (exact) mass is 274 g/mol. The minimum Gasteiger partial charge on any atom is -0.255 e. The van der Waals surface area contributed by atoms with Crippen molar-refractivity contribution in [2.45, 2.75) is 0 Å². The molecule has 4 aromatic rings. The summed E-state index contributed by atoms with van der Waals surface area (Å²) in [5, 5.41) is 5.34. The lowest BCUT2D eigenvalue weighted by atomic mass is 10.2. The number of hydrogen-bond donors (Lipinski definition) is 0. The number of rotatable bonds is 2. The molecule has 0 N–H and O–H groups in total. The predicted molar refractivity (Wildman–Crippen MR) is 77.7 cm³/mol. The van der Waals surface area contributed by atoms with E-state index < -0.39 is 0 Å². The molecule has 0 aromatic carbocycles. The molecule has 0 spiro atoms. The molecule has 0 aliphatic heterocycles. The summed E-state index contributed by atoms with van der Waals surface area (Å²) in [5.41, 5.74) is 2.62. The summed E-state index contributed by atoms with van der Waals surface area (Å²) in [4.78, 5) is 16.8. The van der Waals surface area contributed by atoms with Gasteiger partial charge in [-0.15, -0.1) is 0 Å². The Morgan fingerprint density at radius 3 is 2.62 bits per heavy atom. The van der Waals surface area contributed by atoms with Crippen LogP contribution in [-0.2, 0) is 0 Å². The van der Waals surface area contributed by atoms with Gasteiger partial charge in [-0.3, -0.25) is 4.98 Å². The first kappa shape index (κ1) is 11.7. The van der Waals surface area contributed by atoms with Crippen LogP contribution >= 0.6 is 0 Å². The quantitative estimate of drug-likeness (QED) is 0.561. The van der Waals surface area contributed by atoms with Gasteiger partial charge >= 0.3 is 0 Å². The number of hydrogen-bond acceptors (Lipinski definition) is 5. The van der Waals surface area contributed by atoms with E-state index in [2.05, 4.69) is 25.0 Å². The highest BCUT2D eigenvalue weighted by molar-refractivity contribution is 5.82. The molecule has 4 rings (SSSR count). The van der Waals surface area contributed by atoms with Gasteiger partial charge in [0, 0.05) is 35.7 Å². The Morgan fingerprint density at radius 2 is 1.81 bits per heavy atom. The molecule has 0 bridgehead atoms. The molecule has 0 unspecified atom stereocenters. The SMILES string of the molecule is c1ccc(-n2ncc3cnc(-c4cncnc4)cc32)nc1. The Kier molecular flexibility index (Phi) is 2.64. The lowest BCUT2D eigenvalue weighted by Gasteiger charge is -2.03. The van der Waals surface area contributed by atoms with E-state index in [1.807, 2.05) is 24.3 Å². The molecule has 0 aliphatic carbocycles. The first-order chi connectivity index (χ1) is 10.4. The van der Waals surface area contributed by atoms with Crippen LogP contribution in [0.5, 0.6) is 0 Å². The van der Waals surface area contributed by atoms with Crippen LogP contribution in [-0.4, -0.2) is 29.7 Å². The zero-order valence-electron chi connectivity index (χ0n) is 11.0. The topological polar surface area (TPSA) is 69.4 Å². The molecule has 4 heterocycles. The Labute approximate surface area is 120 Å². The largest absolute Gasteiger partial charge is 0.255 e. The Bertz CT molecular complexity index is 886. The minimum absolute atomic E-state index is 0.772. The lowest BCUT2D eigenvalue weighted by Crippen LogP contribution is -1.98. The highest BCUT2D eigenvalue weighted by Crippen LogP contribution is 2.22. The van der Waals surface area contributed by atoms with Crippen molar-refractivity contribution in [2.75, 3.05) is 0 Å². The third kappa shape index (κ3) is 2.02. The molecule has 6 nitrogen and oxygen atoms in total. The second-order valence-electron chi connectivity index (χ2n) is 4.50. The fourth-order valence-electron chi connectivity index (χ4n) is 2.17. The molecular weight excluding hydrogens is 264 g/mol. The molecule has 4 aromatic heterocycles. The summed E-state index contributed by atoms with van der Waals surface area (Å²) in [7, 11) is 0. The number of nitrogens with zero attached hydrogens (tertiary/aromatic N) is 6. The predicted octanol–water partition coefficient (Wildman–Crippen LogP) is 2.27. The normalized spacial score (nSPS) is 10.9. The summed E-state index contributed by atoms with van der Waals surface area (Å²) in [6, 6.07) is 7.69. The van der Waals surface area contributed by atoms with E-state index >= 15 is 0 Å². The van der Waals surface area contributed by atoms with Gasteiger partial charge in [0.05, 0.1) is 17.4 Å². The smallest absolute Gasteiger partial charge is 0.153 e. The van der Waals surface area contributed by atoms with Crippen LogP contribution in [0.4, 0.5) is 0 Å². The average Bonchev–Trinajstić information content (AvgIpc) is 2.99. The highest BCUT2D eigenvalue weighted by atomic mass is 15.3. The molecule has 0 aliphatic rings. The van der Waals surface area contributed by atoms with E-state index in [0.29, 0.717) is 0 Å². The van der Waals surface area contributed by atoms with Crippen molar-refractivity contribution < 1.29 is 0 Å². The van der Waals surface area contributed by atoms with Crippen LogP contribution in [0.1, 0.15) is 0 Å². The number of pyridine rings is 2. The first-order valence-corrected chi connectivity index (χ1v) is 6.42. The molecule has 6 heteroatoms. The lowest BCUT2D eigenvalue weighted by molar-refractivity contribution is 0.874. The van der Waals surface area contributed by atoms with Gasteiger partial charge in [0.15, 0.2) is 5.82 Å². The van der Waals surface area contributed by atoms with Crippen molar-refractivity contribution in [2.24, 2.45) is 0 Å². The van der Waals surface area contributed by atoms with Crippen molar-refractivity contribution in [3.8, 4) is 17.1 Å². The summed E-state index contributed by atoms with van der Waals surface area (Å²) in [5.74, 6) is 0.772. The van der Waals surface area contributed by atoms with Crippen molar-refractivity contribution >= 4 is 10.9 Å². The van der Waals surface area contributed by atoms with E-state index in [9.17, 15) is 0 Å². The highest BCUT2D eigenvalue weighted by Gasteiger charge is 2.08.